The Morgan fingerprint density at radius 2 is 2.14 bits per heavy atom. The van der Waals surface area contributed by atoms with Gasteiger partial charge in [0.2, 0.25) is 0 Å². The van der Waals surface area contributed by atoms with E-state index in [1.165, 1.54) is 6.42 Å². The van der Waals surface area contributed by atoms with Crippen LogP contribution in [0, 0.1) is 5.92 Å². The van der Waals surface area contributed by atoms with Crippen LogP contribution in [0.2, 0.25) is 5.02 Å². The summed E-state index contributed by atoms with van der Waals surface area (Å²) in [7, 11) is 0. The van der Waals surface area contributed by atoms with Crippen LogP contribution < -0.4 is 5.32 Å². The highest BCUT2D eigenvalue weighted by atomic mass is 35.5. The molecule has 1 fully saturated rings. The minimum Gasteiger partial charge on any atom is -0.464 e. The van der Waals surface area contributed by atoms with Gasteiger partial charge in [-0.15, -0.1) is 0 Å². The highest BCUT2D eigenvalue weighted by Crippen LogP contribution is 2.40. The largest absolute Gasteiger partial charge is 0.464 e. The molecule has 1 aliphatic carbocycles. The van der Waals surface area contributed by atoms with Gasteiger partial charge in [0, 0.05) is 0 Å². The number of halogens is 1. The number of nitrogens with one attached hydrogen (secondary N) is 1. The van der Waals surface area contributed by atoms with Crippen LogP contribution in [0.15, 0.2) is 24.3 Å². The highest BCUT2D eigenvalue weighted by Gasteiger charge is 2.47. The van der Waals surface area contributed by atoms with Crippen molar-refractivity contribution in [3.8, 4) is 0 Å². The molecule has 1 N–H and O–H groups in total. The van der Waals surface area contributed by atoms with Crippen molar-refractivity contribution in [3.05, 3.63) is 29.3 Å². The summed E-state index contributed by atoms with van der Waals surface area (Å²) < 4.78 is 5.38. The summed E-state index contributed by atoms with van der Waals surface area (Å²) in [5, 5.41) is 4.08. The minimum atomic E-state index is -0.645. The van der Waals surface area contributed by atoms with E-state index in [-0.39, 0.29) is 11.9 Å². The van der Waals surface area contributed by atoms with Gasteiger partial charge in [0.15, 0.2) is 0 Å². The van der Waals surface area contributed by atoms with Gasteiger partial charge in [0.1, 0.15) is 5.54 Å². The molecule has 0 aliphatic heterocycles. The normalized spacial score (nSPS) is 25.4. The number of para-hydroxylation sites is 1. The number of esters is 1. The molecule has 2 rings (SSSR count). The van der Waals surface area contributed by atoms with E-state index < -0.39 is 5.54 Å². The summed E-state index contributed by atoms with van der Waals surface area (Å²) in [6, 6.07) is 7.58. The van der Waals surface area contributed by atoms with Crippen molar-refractivity contribution in [2.24, 2.45) is 5.92 Å². The summed E-state index contributed by atoms with van der Waals surface area (Å²) in [5.41, 5.74) is 0.168. The second kappa shape index (κ2) is 7.17. The number of hydrogen-bond acceptors (Lipinski definition) is 3. The molecule has 0 amide bonds. The Bertz CT molecular complexity index is 491. The molecule has 1 saturated carbocycles. The second-order valence-corrected chi connectivity index (χ2v) is 6.05. The third-order valence-electron chi connectivity index (χ3n) is 4.43. The third-order valence-corrected chi connectivity index (χ3v) is 4.76. The van der Waals surface area contributed by atoms with Crippen LogP contribution in [0.1, 0.15) is 46.0 Å². The summed E-state index contributed by atoms with van der Waals surface area (Å²) in [5.74, 6) is 0.137. The predicted molar refractivity (Wildman–Crippen MR) is 86.7 cm³/mol. The Kier molecular flexibility index (Phi) is 5.51. The molecular weight excluding hydrogens is 286 g/mol. The van der Waals surface area contributed by atoms with E-state index in [9.17, 15) is 4.79 Å². The van der Waals surface area contributed by atoms with E-state index in [1.54, 1.807) is 0 Å². The van der Waals surface area contributed by atoms with Crippen molar-refractivity contribution in [3.63, 3.8) is 0 Å². The number of carbonyl (C=O) groups is 1. The molecule has 21 heavy (non-hydrogen) atoms. The predicted octanol–water partition coefficient (Wildman–Crippen LogP) is 4.65. The Labute approximate surface area is 132 Å². The van der Waals surface area contributed by atoms with Gasteiger partial charge in [-0.1, -0.05) is 49.9 Å². The van der Waals surface area contributed by atoms with Crippen LogP contribution in [0.5, 0.6) is 0 Å². The van der Waals surface area contributed by atoms with Gasteiger partial charge in [-0.25, -0.2) is 4.79 Å². The molecule has 1 aromatic rings. The lowest BCUT2D eigenvalue weighted by molar-refractivity contribution is -0.152. The molecule has 3 nitrogen and oxygen atoms in total. The first-order chi connectivity index (χ1) is 10.1. The highest BCUT2D eigenvalue weighted by molar-refractivity contribution is 6.33. The number of carbonyl (C=O) groups excluding carboxylic acids is 1. The van der Waals surface area contributed by atoms with E-state index in [0.717, 1.165) is 31.4 Å². The lowest BCUT2D eigenvalue weighted by Crippen LogP contribution is -2.55. The molecule has 116 valence electrons. The summed E-state index contributed by atoms with van der Waals surface area (Å²) in [6.45, 7) is 4.39. The van der Waals surface area contributed by atoms with Crippen LogP contribution in [0.3, 0.4) is 0 Å². The van der Waals surface area contributed by atoms with E-state index in [2.05, 4.69) is 12.2 Å². The van der Waals surface area contributed by atoms with E-state index in [4.69, 9.17) is 16.3 Å². The molecule has 1 aliphatic rings. The first kappa shape index (κ1) is 16.2. The molecule has 2 unspecified atom stereocenters. The fraction of sp³-hybridized carbons (Fsp3) is 0.588. The molecule has 0 heterocycles. The number of hydrogen-bond donors (Lipinski definition) is 1. The minimum absolute atomic E-state index is 0.142. The number of anilines is 1. The van der Waals surface area contributed by atoms with Crippen molar-refractivity contribution in [1.82, 2.24) is 0 Å². The first-order valence-corrected chi connectivity index (χ1v) is 8.21. The Balaban J connectivity index is 2.35. The average molecular weight is 310 g/mol. The summed E-state index contributed by atoms with van der Waals surface area (Å²) in [6.07, 6.45) is 5.01. The first-order valence-electron chi connectivity index (χ1n) is 7.84. The van der Waals surface area contributed by atoms with Gasteiger partial charge >= 0.3 is 5.97 Å². The fourth-order valence-electron chi connectivity index (χ4n) is 3.34. The average Bonchev–Trinajstić information content (AvgIpc) is 2.50. The van der Waals surface area contributed by atoms with Crippen LogP contribution in [0.25, 0.3) is 0 Å². The van der Waals surface area contributed by atoms with Crippen molar-refractivity contribution < 1.29 is 9.53 Å². The van der Waals surface area contributed by atoms with Gasteiger partial charge in [-0.2, -0.15) is 0 Å². The zero-order valence-corrected chi connectivity index (χ0v) is 13.6. The van der Waals surface area contributed by atoms with E-state index in [0.29, 0.717) is 11.6 Å². The topological polar surface area (TPSA) is 38.3 Å². The molecule has 0 saturated heterocycles. The zero-order valence-electron chi connectivity index (χ0n) is 12.8. The van der Waals surface area contributed by atoms with Crippen molar-refractivity contribution >= 4 is 23.3 Å². The number of ether oxygens (including phenoxy) is 1. The molecule has 2 atom stereocenters. The lowest BCUT2D eigenvalue weighted by atomic mass is 9.71. The van der Waals surface area contributed by atoms with Gasteiger partial charge < -0.3 is 10.1 Å². The number of benzene rings is 1. The Morgan fingerprint density at radius 3 is 2.81 bits per heavy atom. The van der Waals surface area contributed by atoms with Crippen molar-refractivity contribution in [2.45, 2.75) is 51.5 Å². The summed E-state index contributed by atoms with van der Waals surface area (Å²) >= 11 is 6.26. The summed E-state index contributed by atoms with van der Waals surface area (Å²) in [4.78, 5) is 12.7. The molecular formula is C17H24ClNO2. The van der Waals surface area contributed by atoms with Gasteiger partial charge in [0.25, 0.3) is 0 Å². The molecule has 0 radical (unpaired) electrons. The van der Waals surface area contributed by atoms with Crippen LogP contribution in [-0.2, 0) is 9.53 Å². The van der Waals surface area contributed by atoms with Crippen molar-refractivity contribution in [2.75, 3.05) is 11.9 Å². The monoisotopic (exact) mass is 309 g/mol. The SMILES string of the molecule is CCOC(=O)C1(Nc2ccccc2Cl)CCCCC1CC. The Hall–Kier alpha value is -1.22. The second-order valence-electron chi connectivity index (χ2n) is 5.65. The lowest BCUT2D eigenvalue weighted by Gasteiger charge is -2.43. The maximum absolute atomic E-state index is 12.7. The van der Waals surface area contributed by atoms with E-state index in [1.807, 2.05) is 31.2 Å². The van der Waals surface area contributed by atoms with Crippen LogP contribution in [-0.4, -0.2) is 18.1 Å². The van der Waals surface area contributed by atoms with Gasteiger partial charge in [-0.05, 0) is 37.8 Å². The zero-order chi connectivity index (χ0) is 15.3. The van der Waals surface area contributed by atoms with Gasteiger partial charge in [-0.3, -0.25) is 0 Å². The van der Waals surface area contributed by atoms with Crippen LogP contribution >= 0.6 is 11.6 Å². The molecule has 1 aromatic carbocycles. The fourth-order valence-corrected chi connectivity index (χ4v) is 3.53. The van der Waals surface area contributed by atoms with E-state index >= 15 is 0 Å². The molecule has 0 aromatic heterocycles. The number of rotatable bonds is 5. The van der Waals surface area contributed by atoms with Gasteiger partial charge in [0.05, 0.1) is 17.3 Å². The maximum atomic E-state index is 12.7. The molecule has 4 heteroatoms. The quantitative estimate of drug-likeness (QED) is 0.804. The Morgan fingerprint density at radius 1 is 1.38 bits per heavy atom. The smallest absolute Gasteiger partial charge is 0.332 e. The molecule has 0 spiro atoms. The third kappa shape index (κ3) is 3.34. The standard InChI is InChI=1S/C17H24ClNO2/c1-3-13-9-7-8-12-17(13,16(20)21-4-2)19-15-11-6-5-10-14(15)18/h5-6,10-11,13,19H,3-4,7-9,12H2,1-2H3. The molecule has 0 bridgehead atoms. The maximum Gasteiger partial charge on any atom is 0.332 e. The van der Waals surface area contributed by atoms with Crippen LogP contribution in [0.4, 0.5) is 5.69 Å². The van der Waals surface area contributed by atoms with Crippen molar-refractivity contribution in [1.29, 1.82) is 0 Å².